The molecule has 0 fully saturated rings. The maximum Gasteiger partial charge on any atom is 0.345 e. The maximum absolute atomic E-state index is 11.6. The van der Waals surface area contributed by atoms with Gasteiger partial charge in [-0.05, 0) is 24.1 Å². The van der Waals surface area contributed by atoms with Crippen molar-refractivity contribution in [1.82, 2.24) is 0 Å². The molecule has 10 nitrogen and oxygen atoms in total. The van der Waals surface area contributed by atoms with E-state index >= 15 is 0 Å². The molecule has 0 aliphatic heterocycles. The molecule has 134 valence electrons. The van der Waals surface area contributed by atoms with Crippen molar-refractivity contribution in [3.05, 3.63) is 29.8 Å². The van der Waals surface area contributed by atoms with Gasteiger partial charge in [-0.1, -0.05) is 12.1 Å². The molecule has 0 saturated carbocycles. The molecule has 1 aromatic rings. The van der Waals surface area contributed by atoms with Crippen LogP contribution in [0.15, 0.2) is 24.3 Å². The fourth-order valence-electron chi connectivity index (χ4n) is 1.95. The summed E-state index contributed by atoms with van der Waals surface area (Å²) < 4.78 is 22.6. The van der Waals surface area contributed by atoms with E-state index in [4.69, 9.17) is 24.7 Å². The highest BCUT2D eigenvalue weighted by molar-refractivity contribution is 7.70. The van der Waals surface area contributed by atoms with Gasteiger partial charge in [-0.3, -0.25) is 18.7 Å². The van der Waals surface area contributed by atoms with E-state index in [2.05, 4.69) is 5.32 Å². The van der Waals surface area contributed by atoms with Crippen molar-refractivity contribution in [3.8, 4) is 0 Å². The lowest BCUT2D eigenvalue weighted by Crippen LogP contribution is -2.12. The highest BCUT2D eigenvalue weighted by Crippen LogP contribution is 2.69. The number of carbonyl (C=O) groups excluding carboxylic acids is 1. The molecule has 0 spiro atoms. The molecule has 0 aliphatic rings. The van der Waals surface area contributed by atoms with Crippen LogP contribution in [0, 0.1) is 0 Å². The van der Waals surface area contributed by atoms with Crippen LogP contribution in [0.1, 0.15) is 30.2 Å². The molecule has 1 amide bonds. The van der Waals surface area contributed by atoms with E-state index in [0.717, 1.165) is 12.1 Å². The third-order valence-corrected chi connectivity index (χ3v) is 6.60. The third-order valence-electron chi connectivity index (χ3n) is 2.92. The second-order valence-corrected chi connectivity index (χ2v) is 8.77. The second kappa shape index (κ2) is 8.02. The van der Waals surface area contributed by atoms with E-state index in [1.807, 2.05) is 0 Å². The Kier molecular flexibility index (Phi) is 6.86. The Bertz CT molecular complexity index is 669. The molecule has 0 atom stereocenters. The Morgan fingerprint density at radius 3 is 1.88 bits per heavy atom. The quantitative estimate of drug-likeness (QED) is 0.361. The lowest BCUT2D eigenvalue weighted by molar-refractivity contribution is -0.137. The maximum atomic E-state index is 11.6. The molecule has 0 aromatic heterocycles. The fourth-order valence-corrected chi connectivity index (χ4v) is 4.64. The minimum atomic E-state index is -5.09. The lowest BCUT2D eigenvalue weighted by Gasteiger charge is -2.20. The highest BCUT2D eigenvalue weighted by Gasteiger charge is 2.44. The number of amides is 1. The van der Waals surface area contributed by atoms with Crippen LogP contribution in [0.25, 0.3) is 0 Å². The van der Waals surface area contributed by atoms with Gasteiger partial charge in [0.1, 0.15) is 0 Å². The predicted octanol–water partition coefficient (Wildman–Crippen LogP) is 1.23. The van der Waals surface area contributed by atoms with Gasteiger partial charge in [0.05, 0.1) is 0 Å². The summed E-state index contributed by atoms with van der Waals surface area (Å²) in [5, 5.41) is 8.64. The van der Waals surface area contributed by atoms with Crippen LogP contribution in [0.2, 0.25) is 0 Å². The third kappa shape index (κ3) is 6.52. The molecule has 1 aromatic carbocycles. The first-order valence-corrected chi connectivity index (χ1v) is 9.99. The van der Waals surface area contributed by atoms with Gasteiger partial charge in [0.15, 0.2) is 5.40 Å². The minimum absolute atomic E-state index is 0.0262. The van der Waals surface area contributed by atoms with E-state index in [-0.39, 0.29) is 30.5 Å². The zero-order valence-electron chi connectivity index (χ0n) is 12.3. The molecule has 24 heavy (non-hydrogen) atoms. The van der Waals surface area contributed by atoms with E-state index in [1.54, 1.807) is 0 Å². The molecule has 12 heteroatoms. The topological polar surface area (TPSA) is 181 Å². The van der Waals surface area contributed by atoms with Crippen LogP contribution in [0.4, 0.5) is 5.69 Å². The van der Waals surface area contributed by atoms with Gasteiger partial charge in [-0.15, -0.1) is 0 Å². The number of benzene rings is 1. The molecular formula is C12H17NO9P2. The number of rotatable bonds is 8. The summed E-state index contributed by atoms with van der Waals surface area (Å²) in [7, 11) is -10.2. The highest BCUT2D eigenvalue weighted by atomic mass is 31.2. The Hall–Kier alpha value is -1.54. The minimum Gasteiger partial charge on any atom is -0.481 e. The van der Waals surface area contributed by atoms with Gasteiger partial charge in [-0.2, -0.15) is 0 Å². The van der Waals surface area contributed by atoms with Crippen LogP contribution in [0.3, 0.4) is 0 Å². The number of anilines is 1. The average Bonchev–Trinajstić information content (AvgIpc) is 2.37. The molecule has 0 unspecified atom stereocenters. The molecule has 6 N–H and O–H groups in total. The summed E-state index contributed by atoms with van der Waals surface area (Å²) in [6.45, 7) is 0. The second-order valence-electron chi connectivity index (χ2n) is 4.97. The summed E-state index contributed by atoms with van der Waals surface area (Å²) in [6, 6.07) is 4.66. The van der Waals surface area contributed by atoms with Crippen molar-refractivity contribution >= 4 is 32.8 Å². The number of nitrogens with one attached hydrogen (secondary N) is 1. The average molecular weight is 381 g/mol. The standard InChI is InChI=1S/C12H17NO9P2/c14-10(2-1-3-11(15)16)13-9-6-4-8(5-7-9)12(23(17,18)19)24(20,21)22/h4-7,12H,1-3H2,(H,13,14)(H,15,16)(H2,17,18,19)(H2,20,21,22). The lowest BCUT2D eigenvalue weighted by atomic mass is 10.2. The van der Waals surface area contributed by atoms with E-state index < -0.39 is 32.5 Å². The van der Waals surface area contributed by atoms with Crippen molar-refractivity contribution in [1.29, 1.82) is 0 Å². The number of carboxylic acid groups (broad SMARTS) is 1. The molecule has 0 radical (unpaired) electrons. The Balaban J connectivity index is 2.81. The summed E-state index contributed by atoms with van der Waals surface area (Å²) in [5.74, 6) is -1.47. The van der Waals surface area contributed by atoms with Crippen molar-refractivity contribution in [2.24, 2.45) is 0 Å². The number of hydrogen-bond donors (Lipinski definition) is 6. The molecule has 1 rings (SSSR count). The van der Waals surface area contributed by atoms with Gasteiger partial charge in [0.25, 0.3) is 0 Å². The number of carboxylic acids is 1. The Morgan fingerprint density at radius 1 is 0.958 bits per heavy atom. The molecular weight excluding hydrogens is 364 g/mol. The SMILES string of the molecule is O=C(O)CCCC(=O)Nc1ccc(C(P(=O)(O)O)P(=O)(O)O)cc1. The van der Waals surface area contributed by atoms with Crippen molar-refractivity contribution in [2.45, 2.75) is 24.7 Å². The van der Waals surface area contributed by atoms with E-state index in [1.165, 1.54) is 12.1 Å². The van der Waals surface area contributed by atoms with E-state index in [9.17, 15) is 18.7 Å². The first kappa shape index (κ1) is 20.5. The molecule has 0 heterocycles. The summed E-state index contributed by atoms with van der Waals surface area (Å²) in [6.07, 6.45) is -0.0298. The van der Waals surface area contributed by atoms with Gasteiger partial charge >= 0.3 is 21.2 Å². The summed E-state index contributed by atoms with van der Waals surface area (Å²) in [4.78, 5) is 58.4. The summed E-state index contributed by atoms with van der Waals surface area (Å²) >= 11 is 0. The fraction of sp³-hybridized carbons (Fsp3) is 0.333. The summed E-state index contributed by atoms with van der Waals surface area (Å²) in [5.41, 5.74) is -0.0187. The van der Waals surface area contributed by atoms with E-state index in [0.29, 0.717) is 0 Å². The van der Waals surface area contributed by atoms with Gasteiger partial charge < -0.3 is 30.0 Å². The number of carbonyl (C=O) groups is 2. The largest absolute Gasteiger partial charge is 0.481 e. The first-order chi connectivity index (χ1) is 10.9. The number of aliphatic carboxylic acids is 1. The Morgan fingerprint density at radius 2 is 1.46 bits per heavy atom. The smallest absolute Gasteiger partial charge is 0.345 e. The monoisotopic (exact) mass is 381 g/mol. The van der Waals surface area contributed by atoms with Crippen LogP contribution in [-0.2, 0) is 18.7 Å². The van der Waals surface area contributed by atoms with Gasteiger partial charge in [0.2, 0.25) is 5.91 Å². The van der Waals surface area contributed by atoms with Crippen LogP contribution < -0.4 is 5.32 Å². The predicted molar refractivity (Wildman–Crippen MR) is 83.4 cm³/mol. The van der Waals surface area contributed by atoms with Crippen LogP contribution in [0.5, 0.6) is 0 Å². The van der Waals surface area contributed by atoms with Crippen LogP contribution in [-0.4, -0.2) is 36.6 Å². The molecule has 0 bridgehead atoms. The van der Waals surface area contributed by atoms with Crippen molar-refractivity contribution in [3.63, 3.8) is 0 Å². The zero-order valence-corrected chi connectivity index (χ0v) is 14.1. The Labute approximate surface area is 136 Å². The number of hydrogen-bond acceptors (Lipinski definition) is 4. The van der Waals surface area contributed by atoms with Gasteiger partial charge in [0, 0.05) is 18.5 Å². The first-order valence-electron chi connectivity index (χ1n) is 6.63. The van der Waals surface area contributed by atoms with Gasteiger partial charge in [-0.25, -0.2) is 0 Å². The normalized spacial score (nSPS) is 12.2. The molecule has 0 aliphatic carbocycles. The van der Waals surface area contributed by atoms with Crippen molar-refractivity contribution in [2.75, 3.05) is 5.32 Å². The van der Waals surface area contributed by atoms with Crippen molar-refractivity contribution < 1.29 is 43.4 Å². The zero-order chi connectivity index (χ0) is 18.5. The van der Waals surface area contributed by atoms with Crippen LogP contribution >= 0.6 is 15.2 Å². The molecule has 0 saturated heterocycles.